The molecule has 0 aliphatic heterocycles. The first-order chi connectivity index (χ1) is 8.25. The lowest BCUT2D eigenvalue weighted by Gasteiger charge is -1.96. The molecule has 1 heterocycles. The quantitative estimate of drug-likeness (QED) is 0.610. The number of rotatable bonds is 3. The highest BCUT2D eigenvalue weighted by molar-refractivity contribution is 6.36. The summed E-state index contributed by atoms with van der Waals surface area (Å²) < 4.78 is 5.06. The molecule has 5 heteroatoms. The van der Waals surface area contributed by atoms with Crippen LogP contribution in [0.3, 0.4) is 0 Å². The van der Waals surface area contributed by atoms with E-state index in [1.165, 1.54) is 6.21 Å². The maximum atomic E-state index is 5.96. The van der Waals surface area contributed by atoms with Gasteiger partial charge in [-0.3, -0.25) is 0 Å². The molecule has 0 saturated heterocycles. The summed E-state index contributed by atoms with van der Waals surface area (Å²) in [6, 6.07) is 8.73. The fraction of sp³-hybridized carbons (Fsp3) is 0. The Morgan fingerprint density at radius 2 is 1.88 bits per heavy atom. The number of hydrogen-bond donors (Lipinski definition) is 0. The molecule has 0 fully saturated rings. The molecule has 0 saturated carbocycles. The van der Waals surface area contributed by atoms with Crippen molar-refractivity contribution in [3.63, 3.8) is 0 Å². The minimum atomic E-state index is 0.537. The molecular weight excluding hydrogens is 259 g/mol. The van der Waals surface area contributed by atoms with E-state index in [0.717, 1.165) is 5.56 Å². The lowest BCUT2D eigenvalue weighted by molar-refractivity contribution is 0.560. The van der Waals surface area contributed by atoms with E-state index < -0.39 is 0 Å². The Kier molecular flexibility index (Phi) is 3.96. The van der Waals surface area contributed by atoms with Crippen molar-refractivity contribution in [2.75, 3.05) is 0 Å². The van der Waals surface area contributed by atoms with Crippen LogP contribution in [0.2, 0.25) is 10.0 Å². The van der Waals surface area contributed by atoms with Gasteiger partial charge in [-0.25, -0.2) is 0 Å². The average molecular weight is 267 g/mol. The zero-order chi connectivity index (χ0) is 12.1. The minimum Gasteiger partial charge on any atom is -0.463 e. The van der Waals surface area contributed by atoms with Gasteiger partial charge >= 0.3 is 0 Å². The highest BCUT2D eigenvalue weighted by Gasteiger charge is 1.97. The van der Waals surface area contributed by atoms with Crippen molar-refractivity contribution in [1.82, 2.24) is 0 Å². The number of furan rings is 1. The molecule has 0 N–H and O–H groups in total. The second-order valence-corrected chi connectivity index (χ2v) is 4.01. The normalized spacial score (nSPS) is 11.6. The van der Waals surface area contributed by atoms with Gasteiger partial charge in [-0.2, -0.15) is 10.2 Å². The van der Waals surface area contributed by atoms with Crippen LogP contribution in [-0.4, -0.2) is 12.4 Å². The standard InChI is InChI=1S/C12H8Cl2N2O/c13-10-4-3-9(12(14)6-10)7-15-16-8-11-2-1-5-17-11/h1-8H/b15-7+,16-8-. The van der Waals surface area contributed by atoms with Crippen LogP contribution in [-0.2, 0) is 0 Å². The largest absolute Gasteiger partial charge is 0.463 e. The van der Waals surface area contributed by atoms with Gasteiger partial charge in [0.25, 0.3) is 0 Å². The van der Waals surface area contributed by atoms with E-state index >= 15 is 0 Å². The van der Waals surface area contributed by atoms with Crippen LogP contribution in [0.4, 0.5) is 0 Å². The van der Waals surface area contributed by atoms with E-state index in [9.17, 15) is 0 Å². The van der Waals surface area contributed by atoms with Crippen molar-refractivity contribution in [3.8, 4) is 0 Å². The van der Waals surface area contributed by atoms with E-state index in [1.807, 2.05) is 0 Å². The van der Waals surface area contributed by atoms with Gasteiger partial charge in [-0.1, -0.05) is 29.3 Å². The molecular formula is C12H8Cl2N2O. The second kappa shape index (κ2) is 5.66. The third-order valence-electron chi connectivity index (χ3n) is 1.95. The summed E-state index contributed by atoms with van der Waals surface area (Å²) in [7, 11) is 0. The molecule has 0 atom stereocenters. The van der Waals surface area contributed by atoms with Gasteiger partial charge in [0.05, 0.1) is 23.7 Å². The maximum absolute atomic E-state index is 5.96. The van der Waals surface area contributed by atoms with Gasteiger partial charge in [-0.05, 0) is 24.3 Å². The smallest absolute Gasteiger partial charge is 0.146 e. The van der Waals surface area contributed by atoms with Crippen molar-refractivity contribution < 1.29 is 4.42 Å². The van der Waals surface area contributed by atoms with Crippen LogP contribution in [0.5, 0.6) is 0 Å². The first-order valence-electron chi connectivity index (χ1n) is 4.80. The van der Waals surface area contributed by atoms with Crippen LogP contribution >= 0.6 is 23.2 Å². The third-order valence-corrected chi connectivity index (χ3v) is 2.52. The zero-order valence-electron chi connectivity index (χ0n) is 8.68. The number of benzene rings is 1. The van der Waals surface area contributed by atoms with E-state index in [1.54, 1.807) is 42.8 Å². The Labute approximate surface area is 108 Å². The first kappa shape index (κ1) is 11.9. The summed E-state index contributed by atoms with van der Waals surface area (Å²) in [5.41, 5.74) is 0.757. The molecule has 0 aliphatic rings. The second-order valence-electron chi connectivity index (χ2n) is 3.17. The van der Waals surface area contributed by atoms with E-state index in [2.05, 4.69) is 10.2 Å². The Morgan fingerprint density at radius 3 is 2.59 bits per heavy atom. The van der Waals surface area contributed by atoms with Crippen molar-refractivity contribution in [2.24, 2.45) is 10.2 Å². The maximum Gasteiger partial charge on any atom is 0.146 e. The third kappa shape index (κ3) is 3.44. The fourth-order valence-electron chi connectivity index (χ4n) is 1.16. The first-order valence-corrected chi connectivity index (χ1v) is 5.56. The van der Waals surface area contributed by atoms with Crippen LogP contribution in [0.25, 0.3) is 0 Å². The zero-order valence-corrected chi connectivity index (χ0v) is 10.2. The SMILES string of the molecule is Clc1ccc(/C=N/N=C\c2ccco2)c(Cl)c1. The van der Waals surface area contributed by atoms with Crippen molar-refractivity contribution in [3.05, 3.63) is 58.0 Å². The molecule has 0 radical (unpaired) electrons. The summed E-state index contributed by atoms with van der Waals surface area (Å²) in [5.74, 6) is 0.643. The Balaban J connectivity index is 2.05. The van der Waals surface area contributed by atoms with Gasteiger partial charge < -0.3 is 4.42 Å². The van der Waals surface area contributed by atoms with Crippen LogP contribution < -0.4 is 0 Å². The molecule has 0 aliphatic carbocycles. The van der Waals surface area contributed by atoms with E-state index in [4.69, 9.17) is 27.6 Å². The van der Waals surface area contributed by atoms with Crippen molar-refractivity contribution in [2.45, 2.75) is 0 Å². The van der Waals surface area contributed by atoms with Gasteiger partial charge in [0.1, 0.15) is 5.76 Å². The highest BCUT2D eigenvalue weighted by Crippen LogP contribution is 2.19. The molecule has 1 aromatic heterocycles. The lowest BCUT2D eigenvalue weighted by Crippen LogP contribution is -1.82. The van der Waals surface area contributed by atoms with Crippen molar-refractivity contribution in [1.29, 1.82) is 0 Å². The topological polar surface area (TPSA) is 37.9 Å². The van der Waals surface area contributed by atoms with E-state index in [-0.39, 0.29) is 0 Å². The van der Waals surface area contributed by atoms with Crippen molar-refractivity contribution >= 4 is 35.6 Å². The molecule has 0 amide bonds. The Bertz CT molecular complexity index is 548. The molecule has 0 unspecified atom stereocenters. The molecule has 2 aromatic rings. The molecule has 0 bridgehead atoms. The molecule has 17 heavy (non-hydrogen) atoms. The molecule has 86 valence electrons. The summed E-state index contributed by atoms with van der Waals surface area (Å²) >= 11 is 11.7. The monoisotopic (exact) mass is 266 g/mol. The Hall–Kier alpha value is -1.58. The number of halogens is 2. The van der Waals surface area contributed by atoms with Crippen LogP contribution in [0.15, 0.2) is 51.2 Å². The summed E-state index contributed by atoms with van der Waals surface area (Å²) in [6.45, 7) is 0. The summed E-state index contributed by atoms with van der Waals surface area (Å²) in [4.78, 5) is 0. The molecule has 3 nitrogen and oxygen atoms in total. The van der Waals surface area contributed by atoms with Gasteiger partial charge in [-0.15, -0.1) is 0 Å². The fourth-order valence-corrected chi connectivity index (χ4v) is 1.61. The minimum absolute atomic E-state index is 0.537. The average Bonchev–Trinajstić information content (AvgIpc) is 2.79. The van der Waals surface area contributed by atoms with Gasteiger partial charge in [0.2, 0.25) is 0 Å². The van der Waals surface area contributed by atoms with Crippen LogP contribution in [0.1, 0.15) is 11.3 Å². The lowest BCUT2D eigenvalue weighted by atomic mass is 10.2. The highest BCUT2D eigenvalue weighted by atomic mass is 35.5. The number of hydrogen-bond acceptors (Lipinski definition) is 3. The molecule has 2 rings (SSSR count). The van der Waals surface area contributed by atoms with Gasteiger partial charge in [0.15, 0.2) is 0 Å². The van der Waals surface area contributed by atoms with Crippen LogP contribution in [0, 0.1) is 0 Å². The predicted molar refractivity (Wildman–Crippen MR) is 70.4 cm³/mol. The summed E-state index contributed by atoms with van der Waals surface area (Å²) in [5, 5.41) is 8.82. The summed E-state index contributed by atoms with van der Waals surface area (Å²) in [6.07, 6.45) is 4.64. The Morgan fingerprint density at radius 1 is 1.06 bits per heavy atom. The predicted octanol–water partition coefficient (Wildman–Crippen LogP) is 4.04. The molecule has 1 aromatic carbocycles. The van der Waals surface area contributed by atoms with E-state index in [0.29, 0.717) is 15.8 Å². The molecule has 0 spiro atoms. The number of nitrogens with zero attached hydrogens (tertiary/aromatic N) is 2. The van der Waals surface area contributed by atoms with Gasteiger partial charge in [0, 0.05) is 10.6 Å².